The van der Waals surface area contributed by atoms with Crippen molar-refractivity contribution < 1.29 is 4.79 Å². The van der Waals surface area contributed by atoms with E-state index in [1.807, 2.05) is 12.1 Å². The molecule has 1 aromatic rings. The summed E-state index contributed by atoms with van der Waals surface area (Å²) in [5.74, 6) is 0.452. The van der Waals surface area contributed by atoms with Crippen LogP contribution in [0.4, 0.5) is 0 Å². The van der Waals surface area contributed by atoms with Crippen molar-refractivity contribution in [3.8, 4) is 0 Å². The second kappa shape index (κ2) is 9.77. The van der Waals surface area contributed by atoms with E-state index in [1.165, 1.54) is 5.56 Å². The first-order chi connectivity index (χ1) is 11.6. The van der Waals surface area contributed by atoms with Gasteiger partial charge in [-0.25, -0.2) is 0 Å². The van der Waals surface area contributed by atoms with Crippen molar-refractivity contribution in [2.75, 3.05) is 19.6 Å². The molecule has 1 aromatic carbocycles. The number of hydrogen-bond donors (Lipinski definition) is 2. The maximum absolute atomic E-state index is 12.5. The molecule has 0 aromatic heterocycles. The fraction of sp³-hybridized carbons (Fsp3) is 0.632. The summed E-state index contributed by atoms with van der Waals surface area (Å²) in [5, 5.41) is 7.48. The zero-order valence-corrected chi connectivity index (χ0v) is 16.4. The van der Waals surface area contributed by atoms with E-state index < -0.39 is 0 Å². The van der Waals surface area contributed by atoms with E-state index in [2.05, 4.69) is 34.6 Å². The second-order valence-corrected chi connectivity index (χ2v) is 7.70. The monoisotopic (exact) mass is 385 g/mol. The summed E-state index contributed by atoms with van der Waals surface area (Å²) in [7, 11) is 0. The molecule has 6 heteroatoms. The summed E-state index contributed by atoms with van der Waals surface area (Å²) in [6.45, 7) is 6.16. The van der Waals surface area contributed by atoms with E-state index in [0.717, 1.165) is 56.9 Å². The van der Waals surface area contributed by atoms with Crippen LogP contribution < -0.4 is 10.6 Å². The van der Waals surface area contributed by atoms with E-state index in [0.29, 0.717) is 12.1 Å². The van der Waals surface area contributed by atoms with Crippen molar-refractivity contribution in [3.05, 3.63) is 34.9 Å². The molecule has 2 aliphatic rings. The third kappa shape index (κ3) is 6.14. The Labute approximate surface area is 162 Å². The van der Waals surface area contributed by atoms with Crippen molar-refractivity contribution in [2.45, 2.75) is 51.2 Å². The Bertz CT molecular complexity index is 544. The zero-order chi connectivity index (χ0) is 16.9. The zero-order valence-electron chi connectivity index (χ0n) is 14.8. The number of benzene rings is 1. The van der Waals surface area contributed by atoms with E-state index >= 15 is 0 Å². The highest BCUT2D eigenvalue weighted by Gasteiger charge is 2.27. The largest absolute Gasteiger partial charge is 0.353 e. The number of nitrogens with one attached hydrogen (secondary N) is 2. The van der Waals surface area contributed by atoms with Crippen molar-refractivity contribution in [1.29, 1.82) is 0 Å². The van der Waals surface area contributed by atoms with Crippen LogP contribution in [0.15, 0.2) is 24.3 Å². The summed E-state index contributed by atoms with van der Waals surface area (Å²) in [6, 6.07) is 8.87. The van der Waals surface area contributed by atoms with Crippen LogP contribution in [-0.2, 0) is 11.3 Å². The Hall–Kier alpha value is -0.810. The number of nitrogens with zero attached hydrogens (tertiary/aromatic N) is 1. The van der Waals surface area contributed by atoms with Crippen LogP contribution in [-0.4, -0.2) is 42.5 Å². The van der Waals surface area contributed by atoms with Gasteiger partial charge in [-0.2, -0.15) is 0 Å². The van der Waals surface area contributed by atoms with Gasteiger partial charge in [-0.15, -0.1) is 12.4 Å². The first-order valence-corrected chi connectivity index (χ1v) is 9.48. The Morgan fingerprint density at radius 2 is 1.92 bits per heavy atom. The number of piperidine rings is 2. The molecule has 2 fully saturated rings. The molecule has 0 bridgehead atoms. The number of rotatable bonds is 4. The van der Waals surface area contributed by atoms with Gasteiger partial charge in [0.15, 0.2) is 0 Å². The van der Waals surface area contributed by atoms with Crippen LogP contribution >= 0.6 is 24.0 Å². The molecule has 4 nitrogen and oxygen atoms in total. The molecule has 140 valence electrons. The SMILES string of the molecule is C[C@H]1C[C@@H](C(=O)NC2CCN(Cc3ccc(Cl)cc3)CC2)CCN1.Cl. The Balaban J connectivity index is 0.00000225. The van der Waals surface area contributed by atoms with Crippen LogP contribution in [0.5, 0.6) is 0 Å². The molecule has 0 saturated carbocycles. The molecule has 0 spiro atoms. The van der Waals surface area contributed by atoms with E-state index in [-0.39, 0.29) is 24.2 Å². The smallest absolute Gasteiger partial charge is 0.223 e. The van der Waals surface area contributed by atoms with Crippen molar-refractivity contribution in [2.24, 2.45) is 5.92 Å². The third-order valence-electron chi connectivity index (χ3n) is 5.25. The molecule has 0 radical (unpaired) electrons. The summed E-state index contributed by atoms with van der Waals surface area (Å²) >= 11 is 5.94. The number of hydrogen-bond acceptors (Lipinski definition) is 3. The van der Waals surface area contributed by atoms with Crippen LogP contribution in [0.25, 0.3) is 0 Å². The first-order valence-electron chi connectivity index (χ1n) is 9.10. The highest BCUT2D eigenvalue weighted by molar-refractivity contribution is 6.30. The quantitative estimate of drug-likeness (QED) is 0.835. The predicted molar refractivity (Wildman–Crippen MR) is 105 cm³/mol. The van der Waals surface area contributed by atoms with E-state index in [4.69, 9.17) is 11.6 Å². The minimum atomic E-state index is 0. The minimum absolute atomic E-state index is 0. The molecule has 0 unspecified atom stereocenters. The Morgan fingerprint density at radius 3 is 2.56 bits per heavy atom. The maximum atomic E-state index is 12.5. The average molecular weight is 386 g/mol. The molecular weight excluding hydrogens is 357 g/mol. The van der Waals surface area contributed by atoms with Gasteiger partial charge in [0.25, 0.3) is 0 Å². The van der Waals surface area contributed by atoms with Gasteiger partial charge in [-0.05, 0) is 56.8 Å². The maximum Gasteiger partial charge on any atom is 0.223 e. The summed E-state index contributed by atoms with van der Waals surface area (Å²) < 4.78 is 0. The minimum Gasteiger partial charge on any atom is -0.353 e. The van der Waals surface area contributed by atoms with Gasteiger partial charge >= 0.3 is 0 Å². The Morgan fingerprint density at radius 1 is 1.24 bits per heavy atom. The molecule has 1 amide bonds. The molecular formula is C19H29Cl2N3O. The second-order valence-electron chi connectivity index (χ2n) is 7.26. The van der Waals surface area contributed by atoms with E-state index in [9.17, 15) is 4.79 Å². The lowest BCUT2D eigenvalue weighted by Crippen LogP contribution is -2.48. The van der Waals surface area contributed by atoms with Crippen LogP contribution in [0, 0.1) is 5.92 Å². The third-order valence-corrected chi connectivity index (χ3v) is 5.50. The molecule has 0 aliphatic carbocycles. The first kappa shape index (κ1) is 20.5. The van der Waals surface area contributed by atoms with Crippen LogP contribution in [0.2, 0.25) is 5.02 Å². The van der Waals surface area contributed by atoms with Crippen LogP contribution in [0.3, 0.4) is 0 Å². The number of halogens is 2. The van der Waals surface area contributed by atoms with Gasteiger partial charge in [-0.3, -0.25) is 9.69 Å². The molecule has 2 atom stereocenters. The lowest BCUT2D eigenvalue weighted by molar-refractivity contribution is -0.127. The molecule has 2 aliphatic heterocycles. The molecule has 3 rings (SSSR count). The highest BCUT2D eigenvalue weighted by atomic mass is 35.5. The van der Waals surface area contributed by atoms with Gasteiger partial charge in [0, 0.05) is 42.7 Å². The van der Waals surface area contributed by atoms with Gasteiger partial charge in [0.05, 0.1) is 0 Å². The van der Waals surface area contributed by atoms with E-state index in [1.54, 1.807) is 0 Å². The average Bonchev–Trinajstić information content (AvgIpc) is 2.59. The van der Waals surface area contributed by atoms with Gasteiger partial charge in [0.1, 0.15) is 0 Å². The topological polar surface area (TPSA) is 44.4 Å². The fourth-order valence-electron chi connectivity index (χ4n) is 3.77. The number of amides is 1. The summed E-state index contributed by atoms with van der Waals surface area (Å²) in [4.78, 5) is 14.9. The van der Waals surface area contributed by atoms with Crippen molar-refractivity contribution in [1.82, 2.24) is 15.5 Å². The number of carbonyl (C=O) groups is 1. The molecule has 2 saturated heterocycles. The van der Waals surface area contributed by atoms with Gasteiger partial charge < -0.3 is 10.6 Å². The van der Waals surface area contributed by atoms with Crippen molar-refractivity contribution in [3.63, 3.8) is 0 Å². The van der Waals surface area contributed by atoms with Gasteiger partial charge in [-0.1, -0.05) is 23.7 Å². The molecule has 25 heavy (non-hydrogen) atoms. The summed E-state index contributed by atoms with van der Waals surface area (Å²) in [6.07, 6.45) is 4.01. The molecule has 2 heterocycles. The van der Waals surface area contributed by atoms with Crippen molar-refractivity contribution >= 4 is 29.9 Å². The number of likely N-dealkylation sites (tertiary alicyclic amines) is 1. The normalized spacial score (nSPS) is 25.2. The highest BCUT2D eigenvalue weighted by Crippen LogP contribution is 2.19. The predicted octanol–water partition coefficient (Wildman–Crippen LogP) is 3.23. The van der Waals surface area contributed by atoms with Crippen LogP contribution in [0.1, 0.15) is 38.2 Å². The standard InChI is InChI=1S/C19H28ClN3O.ClH/c1-14-12-16(6-9-21-14)19(24)22-18-7-10-23(11-8-18)13-15-2-4-17(20)5-3-15;/h2-5,14,16,18,21H,6-13H2,1H3,(H,22,24);1H/t14-,16-;/m0./s1. The molecule has 2 N–H and O–H groups in total. The lowest BCUT2D eigenvalue weighted by Gasteiger charge is -2.34. The summed E-state index contributed by atoms with van der Waals surface area (Å²) in [5.41, 5.74) is 1.30. The van der Waals surface area contributed by atoms with Gasteiger partial charge in [0.2, 0.25) is 5.91 Å². The Kier molecular flexibility index (Phi) is 8.01. The fourth-order valence-corrected chi connectivity index (χ4v) is 3.90. The lowest BCUT2D eigenvalue weighted by atomic mass is 9.91. The number of carbonyl (C=O) groups excluding carboxylic acids is 1.